The molecule has 0 heterocycles. The van der Waals surface area contributed by atoms with Gasteiger partial charge in [0.1, 0.15) is 11.6 Å². The molecule has 2 nitrogen and oxygen atoms in total. The van der Waals surface area contributed by atoms with Crippen molar-refractivity contribution in [2.24, 2.45) is 5.73 Å². The zero-order valence-corrected chi connectivity index (χ0v) is 13.8. The molecule has 1 aromatic carbocycles. The molecular formula is C17H28F2N2. The molecule has 0 radical (unpaired) electrons. The van der Waals surface area contributed by atoms with Gasteiger partial charge in [0.15, 0.2) is 0 Å². The monoisotopic (exact) mass is 298 g/mol. The number of hydrogen-bond acceptors (Lipinski definition) is 2. The van der Waals surface area contributed by atoms with Crippen molar-refractivity contribution < 1.29 is 8.78 Å². The first kappa shape index (κ1) is 18.1. The molecule has 0 bridgehead atoms. The zero-order chi connectivity index (χ0) is 16.2. The number of aryl methyl sites for hydroxylation is 1. The van der Waals surface area contributed by atoms with Crippen LogP contribution in [-0.2, 0) is 0 Å². The van der Waals surface area contributed by atoms with Gasteiger partial charge in [-0.25, -0.2) is 8.78 Å². The van der Waals surface area contributed by atoms with Crippen molar-refractivity contribution >= 4 is 0 Å². The van der Waals surface area contributed by atoms with Crippen molar-refractivity contribution in [1.29, 1.82) is 0 Å². The van der Waals surface area contributed by atoms with E-state index in [4.69, 9.17) is 5.73 Å². The van der Waals surface area contributed by atoms with E-state index < -0.39 is 23.2 Å². The fraction of sp³-hybridized carbons (Fsp3) is 0.647. The lowest BCUT2D eigenvalue weighted by molar-refractivity contribution is 0.0601. The van der Waals surface area contributed by atoms with Crippen LogP contribution in [0.3, 0.4) is 0 Å². The predicted octanol–water partition coefficient (Wildman–Crippen LogP) is 4.17. The maximum Gasteiger partial charge on any atom is 0.133 e. The van der Waals surface area contributed by atoms with Gasteiger partial charge >= 0.3 is 0 Å². The van der Waals surface area contributed by atoms with E-state index in [-0.39, 0.29) is 5.56 Å². The van der Waals surface area contributed by atoms with Gasteiger partial charge in [-0.05, 0) is 44.5 Å². The normalized spacial score (nSPS) is 13.8. The second-order valence-corrected chi connectivity index (χ2v) is 5.55. The third-order valence-corrected chi connectivity index (χ3v) is 4.83. The van der Waals surface area contributed by atoms with Gasteiger partial charge in [0.05, 0.1) is 6.04 Å². The van der Waals surface area contributed by atoms with Gasteiger partial charge in [0, 0.05) is 11.1 Å². The van der Waals surface area contributed by atoms with Crippen molar-refractivity contribution in [2.45, 2.75) is 59.0 Å². The highest BCUT2D eigenvalue weighted by Crippen LogP contribution is 2.38. The minimum Gasteiger partial charge on any atom is -0.322 e. The number of nitrogens with zero attached hydrogens (tertiary/aromatic N) is 1. The fourth-order valence-corrected chi connectivity index (χ4v) is 3.42. The highest BCUT2D eigenvalue weighted by Gasteiger charge is 2.41. The zero-order valence-electron chi connectivity index (χ0n) is 13.8. The maximum atomic E-state index is 14.4. The van der Waals surface area contributed by atoms with Crippen LogP contribution in [0.5, 0.6) is 0 Å². The van der Waals surface area contributed by atoms with Crippen LogP contribution in [-0.4, -0.2) is 23.5 Å². The molecule has 120 valence electrons. The molecule has 1 aromatic rings. The van der Waals surface area contributed by atoms with E-state index in [2.05, 4.69) is 18.7 Å². The van der Waals surface area contributed by atoms with E-state index in [9.17, 15) is 8.78 Å². The van der Waals surface area contributed by atoms with Gasteiger partial charge < -0.3 is 5.73 Å². The minimum absolute atomic E-state index is 0.0191. The minimum atomic E-state index is -0.688. The van der Waals surface area contributed by atoms with E-state index in [0.29, 0.717) is 5.56 Å². The summed E-state index contributed by atoms with van der Waals surface area (Å²) in [6, 6.07) is 2.08. The van der Waals surface area contributed by atoms with Gasteiger partial charge in [0.25, 0.3) is 0 Å². The molecule has 0 aromatic heterocycles. The fourth-order valence-electron chi connectivity index (χ4n) is 3.42. The lowest BCUT2D eigenvalue weighted by Gasteiger charge is -2.46. The summed E-state index contributed by atoms with van der Waals surface area (Å²) < 4.78 is 28.7. The molecule has 0 aliphatic rings. The molecule has 21 heavy (non-hydrogen) atoms. The summed E-state index contributed by atoms with van der Waals surface area (Å²) in [5, 5.41) is 0. The molecule has 0 saturated carbocycles. The second kappa shape index (κ2) is 7.32. The standard InChI is InChI=1S/C17H28F2N2/c1-6-17(7-2,21(8-3)9-4)16(20)14-13(18)11-10-12(5)15(14)19/h10-11,16H,6-9,20H2,1-5H3. The van der Waals surface area contributed by atoms with Crippen molar-refractivity contribution in [1.82, 2.24) is 4.90 Å². The average Bonchev–Trinajstić information content (AvgIpc) is 2.49. The Balaban J connectivity index is 3.43. The molecule has 0 aliphatic carbocycles. The van der Waals surface area contributed by atoms with Gasteiger partial charge in [-0.15, -0.1) is 0 Å². The number of halogens is 2. The van der Waals surface area contributed by atoms with Crippen LogP contribution < -0.4 is 5.73 Å². The summed E-state index contributed by atoms with van der Waals surface area (Å²) in [5.74, 6) is -1.06. The molecule has 0 saturated heterocycles. The summed E-state index contributed by atoms with van der Waals surface area (Å²) in [6.45, 7) is 11.4. The Kier molecular flexibility index (Phi) is 6.29. The van der Waals surface area contributed by atoms with Crippen LogP contribution in [0.15, 0.2) is 12.1 Å². The second-order valence-electron chi connectivity index (χ2n) is 5.55. The highest BCUT2D eigenvalue weighted by atomic mass is 19.1. The molecule has 1 rings (SSSR count). The van der Waals surface area contributed by atoms with Crippen LogP contribution in [0.2, 0.25) is 0 Å². The van der Waals surface area contributed by atoms with Crippen molar-refractivity contribution in [3.8, 4) is 0 Å². The van der Waals surface area contributed by atoms with E-state index in [1.807, 2.05) is 13.8 Å². The predicted molar refractivity (Wildman–Crippen MR) is 84.3 cm³/mol. The van der Waals surface area contributed by atoms with Gasteiger partial charge in [-0.1, -0.05) is 33.8 Å². The first-order chi connectivity index (χ1) is 9.89. The Morgan fingerprint density at radius 2 is 1.62 bits per heavy atom. The first-order valence-corrected chi connectivity index (χ1v) is 7.84. The van der Waals surface area contributed by atoms with Crippen LogP contribution in [0.25, 0.3) is 0 Å². The first-order valence-electron chi connectivity index (χ1n) is 7.84. The van der Waals surface area contributed by atoms with Crippen molar-refractivity contribution in [2.75, 3.05) is 13.1 Å². The molecular weight excluding hydrogens is 270 g/mol. The highest BCUT2D eigenvalue weighted by molar-refractivity contribution is 5.31. The number of rotatable bonds is 7. The summed E-state index contributed by atoms with van der Waals surface area (Å²) in [7, 11) is 0. The van der Waals surface area contributed by atoms with Crippen molar-refractivity contribution in [3.05, 3.63) is 34.9 Å². The summed E-state index contributed by atoms with van der Waals surface area (Å²) >= 11 is 0. The quantitative estimate of drug-likeness (QED) is 0.818. The molecule has 0 aliphatic heterocycles. The van der Waals surface area contributed by atoms with E-state index in [0.717, 1.165) is 25.9 Å². The lowest BCUT2D eigenvalue weighted by Crippen LogP contribution is -2.55. The van der Waals surface area contributed by atoms with E-state index in [1.54, 1.807) is 6.92 Å². The molecule has 1 atom stereocenters. The Labute approximate surface area is 127 Å². The molecule has 2 N–H and O–H groups in total. The maximum absolute atomic E-state index is 14.4. The number of likely N-dealkylation sites (N-methyl/N-ethyl adjacent to an activating group) is 1. The van der Waals surface area contributed by atoms with E-state index >= 15 is 0 Å². The molecule has 0 amide bonds. The molecule has 1 unspecified atom stereocenters. The molecule has 0 fully saturated rings. The van der Waals surface area contributed by atoms with Gasteiger partial charge in [0.2, 0.25) is 0 Å². The van der Waals surface area contributed by atoms with E-state index in [1.165, 1.54) is 12.1 Å². The van der Waals surface area contributed by atoms with Crippen LogP contribution in [0.1, 0.15) is 57.7 Å². The topological polar surface area (TPSA) is 29.3 Å². The smallest absolute Gasteiger partial charge is 0.133 e. The SMILES string of the molecule is CCN(CC)C(CC)(CC)C(N)c1c(F)ccc(C)c1F. The Morgan fingerprint density at radius 3 is 2.05 bits per heavy atom. The van der Waals surface area contributed by atoms with Crippen LogP contribution in [0, 0.1) is 18.6 Å². The largest absolute Gasteiger partial charge is 0.322 e. The summed E-state index contributed by atoms with van der Waals surface area (Å²) in [6.07, 6.45) is 1.50. The third-order valence-electron chi connectivity index (χ3n) is 4.83. The molecule has 4 heteroatoms. The summed E-state index contributed by atoms with van der Waals surface area (Å²) in [5.41, 5.74) is 6.42. The lowest BCUT2D eigenvalue weighted by atomic mass is 9.79. The Morgan fingerprint density at radius 1 is 1.10 bits per heavy atom. The Hall–Kier alpha value is -1.00. The van der Waals surface area contributed by atoms with Crippen LogP contribution >= 0.6 is 0 Å². The summed E-state index contributed by atoms with van der Waals surface area (Å²) in [4.78, 5) is 2.22. The van der Waals surface area contributed by atoms with Crippen LogP contribution in [0.4, 0.5) is 8.78 Å². The van der Waals surface area contributed by atoms with Crippen molar-refractivity contribution in [3.63, 3.8) is 0 Å². The molecule has 0 spiro atoms. The van der Waals surface area contributed by atoms with Gasteiger partial charge in [-0.3, -0.25) is 4.90 Å². The average molecular weight is 298 g/mol. The Bertz CT molecular complexity index is 466. The number of nitrogens with two attached hydrogens (primary N) is 1. The van der Waals surface area contributed by atoms with Gasteiger partial charge in [-0.2, -0.15) is 0 Å². The number of hydrogen-bond donors (Lipinski definition) is 1. The third kappa shape index (κ3) is 3.11. The number of benzene rings is 1.